The van der Waals surface area contributed by atoms with E-state index in [1.807, 2.05) is 37.3 Å². The lowest BCUT2D eigenvalue weighted by Gasteiger charge is -2.16. The molecule has 1 aliphatic carbocycles. The molecule has 0 aromatic heterocycles. The van der Waals surface area contributed by atoms with E-state index in [1.54, 1.807) is 7.11 Å². The number of carbonyl (C=O) groups excluding carboxylic acids is 1. The molecular weight excluding hydrogens is 288 g/mol. The first kappa shape index (κ1) is 15.4. The highest BCUT2D eigenvalue weighted by molar-refractivity contribution is 5.89. The van der Waals surface area contributed by atoms with Gasteiger partial charge >= 0.3 is 6.03 Å². The van der Waals surface area contributed by atoms with E-state index in [0.29, 0.717) is 0 Å². The second-order valence-electron chi connectivity index (χ2n) is 5.93. The molecule has 0 fully saturated rings. The zero-order valence-corrected chi connectivity index (χ0v) is 13.6. The summed E-state index contributed by atoms with van der Waals surface area (Å²) in [6.45, 7) is 1.96. The van der Waals surface area contributed by atoms with Crippen molar-refractivity contribution in [2.75, 3.05) is 12.4 Å². The Bertz CT molecular complexity index is 695. The monoisotopic (exact) mass is 310 g/mol. The van der Waals surface area contributed by atoms with E-state index >= 15 is 0 Å². The number of hydrogen-bond donors (Lipinski definition) is 2. The summed E-state index contributed by atoms with van der Waals surface area (Å²) in [5, 5.41) is 5.88. The minimum absolute atomic E-state index is 0.0738. The number of aryl methyl sites for hydroxylation is 2. The zero-order valence-electron chi connectivity index (χ0n) is 13.6. The molecule has 3 rings (SSSR count). The van der Waals surface area contributed by atoms with E-state index in [-0.39, 0.29) is 12.1 Å². The summed E-state index contributed by atoms with van der Waals surface area (Å²) < 4.78 is 5.15. The van der Waals surface area contributed by atoms with Gasteiger partial charge in [0.2, 0.25) is 0 Å². The highest BCUT2D eigenvalue weighted by atomic mass is 16.5. The molecule has 1 atom stereocenters. The van der Waals surface area contributed by atoms with Crippen molar-refractivity contribution in [3.05, 3.63) is 59.2 Å². The molecule has 0 saturated heterocycles. The average Bonchev–Trinajstić information content (AvgIpc) is 3.02. The Hall–Kier alpha value is -2.49. The fourth-order valence-corrected chi connectivity index (χ4v) is 2.99. The Morgan fingerprint density at radius 2 is 1.83 bits per heavy atom. The summed E-state index contributed by atoms with van der Waals surface area (Å²) in [6.07, 6.45) is 3.46. The number of benzene rings is 2. The number of rotatable bonds is 4. The van der Waals surface area contributed by atoms with Crippen LogP contribution in [0.4, 0.5) is 10.5 Å². The maximum Gasteiger partial charge on any atom is 0.319 e. The average molecular weight is 310 g/mol. The standard InChI is InChI=1S/C19H22N2O2/c1-13(14-7-10-18(23-2)11-8-14)20-19(22)21-17-9-6-15-4-3-5-16(15)12-17/h6-13H,3-5H2,1-2H3,(H2,20,21,22)/t13-/m0/s1. The quantitative estimate of drug-likeness (QED) is 0.894. The molecule has 4 heteroatoms. The van der Waals surface area contributed by atoms with Crippen molar-refractivity contribution in [1.82, 2.24) is 5.32 Å². The van der Waals surface area contributed by atoms with Crippen LogP contribution in [0.1, 0.15) is 36.1 Å². The third-order valence-corrected chi connectivity index (χ3v) is 4.32. The molecule has 2 N–H and O–H groups in total. The van der Waals surface area contributed by atoms with Crippen molar-refractivity contribution in [2.24, 2.45) is 0 Å². The number of ether oxygens (including phenoxy) is 1. The number of amides is 2. The fraction of sp³-hybridized carbons (Fsp3) is 0.316. The van der Waals surface area contributed by atoms with Crippen LogP contribution >= 0.6 is 0 Å². The predicted octanol–water partition coefficient (Wildman–Crippen LogP) is 4.07. The van der Waals surface area contributed by atoms with Crippen LogP contribution in [0.3, 0.4) is 0 Å². The third kappa shape index (κ3) is 3.65. The lowest BCUT2D eigenvalue weighted by atomic mass is 10.1. The summed E-state index contributed by atoms with van der Waals surface area (Å²) in [6, 6.07) is 13.6. The van der Waals surface area contributed by atoms with Gasteiger partial charge in [-0.2, -0.15) is 0 Å². The van der Waals surface area contributed by atoms with Crippen LogP contribution in [-0.2, 0) is 12.8 Å². The number of carbonyl (C=O) groups is 1. The molecule has 0 bridgehead atoms. The minimum Gasteiger partial charge on any atom is -0.497 e. The summed E-state index contributed by atoms with van der Waals surface area (Å²) >= 11 is 0. The molecule has 2 aromatic rings. The molecule has 0 radical (unpaired) electrons. The number of nitrogens with one attached hydrogen (secondary N) is 2. The second kappa shape index (κ2) is 6.73. The predicted molar refractivity (Wildman–Crippen MR) is 92.0 cm³/mol. The van der Waals surface area contributed by atoms with Crippen LogP contribution in [0.5, 0.6) is 5.75 Å². The first-order valence-electron chi connectivity index (χ1n) is 7.99. The van der Waals surface area contributed by atoms with Gasteiger partial charge in [0.1, 0.15) is 5.75 Å². The molecule has 0 heterocycles. The summed E-state index contributed by atoms with van der Waals surface area (Å²) in [5.41, 5.74) is 4.65. The highest BCUT2D eigenvalue weighted by Gasteiger charge is 2.13. The zero-order chi connectivity index (χ0) is 16.2. The molecule has 120 valence electrons. The van der Waals surface area contributed by atoms with Crippen molar-refractivity contribution in [2.45, 2.75) is 32.2 Å². The van der Waals surface area contributed by atoms with Crippen LogP contribution in [-0.4, -0.2) is 13.1 Å². The van der Waals surface area contributed by atoms with Gasteiger partial charge in [-0.15, -0.1) is 0 Å². The Balaban J connectivity index is 1.60. The van der Waals surface area contributed by atoms with Crippen molar-refractivity contribution in [3.8, 4) is 5.75 Å². The van der Waals surface area contributed by atoms with Gasteiger partial charge in [0, 0.05) is 5.69 Å². The van der Waals surface area contributed by atoms with Crippen LogP contribution in [0.25, 0.3) is 0 Å². The van der Waals surface area contributed by atoms with Crippen molar-refractivity contribution in [1.29, 1.82) is 0 Å². The molecule has 0 saturated carbocycles. The van der Waals surface area contributed by atoms with E-state index in [0.717, 1.165) is 29.8 Å². The number of anilines is 1. The topological polar surface area (TPSA) is 50.4 Å². The Labute approximate surface area is 136 Å². The van der Waals surface area contributed by atoms with E-state index in [4.69, 9.17) is 4.74 Å². The lowest BCUT2D eigenvalue weighted by molar-refractivity contribution is 0.249. The van der Waals surface area contributed by atoms with Crippen LogP contribution in [0, 0.1) is 0 Å². The van der Waals surface area contributed by atoms with Gasteiger partial charge in [0.15, 0.2) is 0 Å². The molecule has 0 spiro atoms. The van der Waals surface area contributed by atoms with Gasteiger partial charge in [-0.3, -0.25) is 0 Å². The first-order chi connectivity index (χ1) is 11.2. The number of fused-ring (bicyclic) bond motifs is 1. The molecule has 2 amide bonds. The van der Waals surface area contributed by atoms with Gasteiger partial charge in [0.25, 0.3) is 0 Å². The molecule has 0 unspecified atom stereocenters. The largest absolute Gasteiger partial charge is 0.497 e. The van der Waals surface area contributed by atoms with E-state index in [1.165, 1.54) is 17.5 Å². The lowest BCUT2D eigenvalue weighted by Crippen LogP contribution is -2.31. The Morgan fingerprint density at radius 3 is 2.57 bits per heavy atom. The van der Waals surface area contributed by atoms with Crippen molar-refractivity contribution in [3.63, 3.8) is 0 Å². The van der Waals surface area contributed by atoms with Crippen molar-refractivity contribution < 1.29 is 9.53 Å². The Kier molecular flexibility index (Phi) is 4.51. The molecule has 2 aromatic carbocycles. The van der Waals surface area contributed by atoms with Gasteiger partial charge in [0.05, 0.1) is 13.2 Å². The van der Waals surface area contributed by atoms with Crippen LogP contribution in [0.2, 0.25) is 0 Å². The number of methoxy groups -OCH3 is 1. The van der Waals surface area contributed by atoms with E-state index in [9.17, 15) is 4.79 Å². The second-order valence-corrected chi connectivity index (χ2v) is 5.93. The molecular formula is C19H22N2O2. The summed E-state index contributed by atoms with van der Waals surface area (Å²) in [4.78, 5) is 12.2. The SMILES string of the molecule is COc1ccc([C@H](C)NC(=O)Nc2ccc3c(c2)CCC3)cc1. The molecule has 1 aliphatic rings. The maximum absolute atomic E-state index is 12.2. The maximum atomic E-state index is 12.2. The van der Waals surface area contributed by atoms with Crippen LogP contribution < -0.4 is 15.4 Å². The van der Waals surface area contributed by atoms with Crippen LogP contribution in [0.15, 0.2) is 42.5 Å². The summed E-state index contributed by atoms with van der Waals surface area (Å²) in [7, 11) is 1.64. The number of urea groups is 1. The smallest absolute Gasteiger partial charge is 0.319 e. The minimum atomic E-state index is -0.189. The van der Waals surface area contributed by atoms with Gasteiger partial charge < -0.3 is 15.4 Å². The summed E-state index contributed by atoms with van der Waals surface area (Å²) in [5.74, 6) is 0.809. The first-order valence-corrected chi connectivity index (χ1v) is 7.99. The van der Waals surface area contributed by atoms with Gasteiger partial charge in [-0.25, -0.2) is 4.79 Å². The highest BCUT2D eigenvalue weighted by Crippen LogP contribution is 2.25. The third-order valence-electron chi connectivity index (χ3n) is 4.32. The van der Waals surface area contributed by atoms with E-state index in [2.05, 4.69) is 22.8 Å². The van der Waals surface area contributed by atoms with E-state index < -0.39 is 0 Å². The van der Waals surface area contributed by atoms with Gasteiger partial charge in [-0.05, 0) is 67.1 Å². The molecule has 0 aliphatic heterocycles. The van der Waals surface area contributed by atoms with Crippen molar-refractivity contribution >= 4 is 11.7 Å². The molecule has 23 heavy (non-hydrogen) atoms. The number of hydrogen-bond acceptors (Lipinski definition) is 2. The Morgan fingerprint density at radius 1 is 1.09 bits per heavy atom. The molecule has 4 nitrogen and oxygen atoms in total. The fourth-order valence-electron chi connectivity index (χ4n) is 2.99. The van der Waals surface area contributed by atoms with Gasteiger partial charge in [-0.1, -0.05) is 18.2 Å². The normalized spacial score (nSPS) is 14.0.